The molecule has 1 unspecified atom stereocenters. The van der Waals surface area contributed by atoms with Crippen molar-refractivity contribution in [3.8, 4) is 0 Å². The number of hydrogen-bond acceptors (Lipinski definition) is 4. The highest BCUT2D eigenvalue weighted by molar-refractivity contribution is 7.61. The Morgan fingerprint density at radius 2 is 1.19 bits per heavy atom. The van der Waals surface area contributed by atoms with Crippen molar-refractivity contribution in [1.29, 1.82) is 0 Å². The van der Waals surface area contributed by atoms with E-state index in [0.29, 0.717) is 10.3 Å². The zero-order chi connectivity index (χ0) is 31.2. The van der Waals surface area contributed by atoms with Gasteiger partial charge in [0.25, 0.3) is 0 Å². The summed E-state index contributed by atoms with van der Waals surface area (Å²) in [6.45, 7) is 0. The van der Waals surface area contributed by atoms with Crippen LogP contribution in [-0.2, 0) is 5.16 Å². The number of rotatable bonds is 7. The Kier molecular flexibility index (Phi) is 7.01. The van der Waals surface area contributed by atoms with Crippen molar-refractivity contribution in [2.45, 2.75) is 98.9 Å². The molecule has 47 heavy (non-hydrogen) atoms. The second kappa shape index (κ2) is 11.1. The Hall–Kier alpha value is -2.28. The molecule has 8 bridgehead atoms. The lowest BCUT2D eigenvalue weighted by atomic mass is 9.55. The first-order valence-electron chi connectivity index (χ1n) is 18.6. The maximum absolute atomic E-state index is 4.98. The lowest BCUT2D eigenvalue weighted by molar-refractivity contribution is 0.0187. The van der Waals surface area contributed by atoms with Crippen molar-refractivity contribution in [3.05, 3.63) is 107 Å². The van der Waals surface area contributed by atoms with Crippen LogP contribution in [0.15, 0.2) is 95.9 Å². The van der Waals surface area contributed by atoms with E-state index in [-0.39, 0.29) is 7.92 Å². The lowest BCUT2D eigenvalue weighted by Crippen LogP contribution is -2.57. The van der Waals surface area contributed by atoms with Gasteiger partial charge in [0.2, 0.25) is 0 Å². The van der Waals surface area contributed by atoms with Crippen molar-refractivity contribution in [3.63, 3.8) is 0 Å². The second-order valence-corrected chi connectivity index (χ2v) is 21.0. The van der Waals surface area contributed by atoms with E-state index < -0.39 is 5.16 Å². The van der Waals surface area contributed by atoms with E-state index in [1.165, 1.54) is 99.9 Å². The molecule has 4 nitrogen and oxygen atoms in total. The van der Waals surface area contributed by atoms with Crippen LogP contribution in [0, 0.1) is 35.5 Å². The van der Waals surface area contributed by atoms with Crippen LogP contribution in [0.5, 0.6) is 0 Å². The van der Waals surface area contributed by atoms with Crippen LogP contribution < -0.4 is 0 Å². The van der Waals surface area contributed by atoms with E-state index in [0.717, 1.165) is 53.3 Å². The highest BCUT2D eigenvalue weighted by Crippen LogP contribution is 2.79. The summed E-state index contributed by atoms with van der Waals surface area (Å²) in [4.78, 5) is 19.1. The first kappa shape index (κ1) is 29.6. The largest absolute Gasteiger partial charge is 0.261 e. The fourth-order valence-electron chi connectivity index (χ4n) is 13.2. The summed E-state index contributed by atoms with van der Waals surface area (Å²) in [5, 5.41) is 0.538. The SMILES string of the molecule is PC(C1=CC(=C2C=CC=CC2)C=C1CP(C12CC3CC(CC(C3)C1)C2)C12CC3CC(CC(C3)C1)C2)(c1cnccn1)c1cnccn1. The van der Waals surface area contributed by atoms with Gasteiger partial charge in [0.1, 0.15) is 0 Å². The van der Waals surface area contributed by atoms with Crippen LogP contribution in [0.2, 0.25) is 0 Å². The predicted molar refractivity (Wildman–Crippen MR) is 194 cm³/mol. The molecule has 8 fully saturated rings. The third kappa shape index (κ3) is 4.81. The molecular weight excluding hydrogens is 610 g/mol. The third-order valence-corrected chi connectivity index (χ3v) is 19.0. The molecule has 0 N–H and O–H groups in total. The fourth-order valence-corrected chi connectivity index (χ4v) is 18.9. The summed E-state index contributed by atoms with van der Waals surface area (Å²) in [6, 6.07) is 0. The van der Waals surface area contributed by atoms with E-state index in [4.69, 9.17) is 9.97 Å². The summed E-state index contributed by atoms with van der Waals surface area (Å²) in [5.74, 6) is 5.94. The van der Waals surface area contributed by atoms with Gasteiger partial charge >= 0.3 is 0 Å². The summed E-state index contributed by atoms with van der Waals surface area (Å²) in [6.07, 6.45) is 45.9. The minimum atomic E-state index is -0.616. The summed E-state index contributed by atoms with van der Waals surface area (Å²) in [7, 11) is 3.04. The van der Waals surface area contributed by atoms with Gasteiger partial charge in [-0.3, -0.25) is 19.9 Å². The van der Waals surface area contributed by atoms with Gasteiger partial charge in [0.05, 0.1) is 28.9 Å². The molecule has 1 atom stereocenters. The standard InChI is InChI=1S/C41H48N4P2/c46-41(37-24-42-6-8-44-37,38-25-43-7-9-45-38)36-17-34(33-4-2-1-3-5-33)16-35(36)26-47(39-18-27-10-28(19-39)12-29(11-27)20-39)40-21-30-13-31(22-40)15-32(14-30)23-40/h1-4,6-9,16-17,24-25,27-32H,5,10-15,18-23,26,46H2. The zero-order valence-corrected chi connectivity index (χ0v) is 29.7. The molecular formula is C41H48N4P2. The van der Waals surface area contributed by atoms with Gasteiger partial charge in [-0.05, 0) is 164 Å². The zero-order valence-electron chi connectivity index (χ0n) is 27.6. The van der Waals surface area contributed by atoms with E-state index in [1.54, 1.807) is 18.0 Å². The average molecular weight is 659 g/mol. The Bertz CT molecular complexity index is 1570. The number of aromatic nitrogens is 4. The van der Waals surface area contributed by atoms with E-state index in [2.05, 4.69) is 55.7 Å². The average Bonchev–Trinajstić information content (AvgIpc) is 3.51. The molecule has 10 aliphatic rings. The summed E-state index contributed by atoms with van der Waals surface area (Å²) < 4.78 is 0. The first-order chi connectivity index (χ1) is 23.0. The van der Waals surface area contributed by atoms with E-state index in [9.17, 15) is 0 Å². The van der Waals surface area contributed by atoms with Crippen molar-refractivity contribution in [2.24, 2.45) is 35.5 Å². The van der Waals surface area contributed by atoms with Crippen LogP contribution in [0.3, 0.4) is 0 Å². The van der Waals surface area contributed by atoms with Gasteiger partial charge in [-0.2, -0.15) is 0 Å². The molecule has 2 aromatic heterocycles. The highest BCUT2D eigenvalue weighted by Gasteiger charge is 2.63. The van der Waals surface area contributed by atoms with Gasteiger partial charge in [-0.25, -0.2) is 0 Å². The Morgan fingerprint density at radius 1 is 0.681 bits per heavy atom. The van der Waals surface area contributed by atoms with Gasteiger partial charge in [-0.15, -0.1) is 9.24 Å². The Morgan fingerprint density at radius 3 is 1.62 bits per heavy atom. The summed E-state index contributed by atoms with van der Waals surface area (Å²) in [5.41, 5.74) is 7.57. The topological polar surface area (TPSA) is 51.6 Å². The minimum Gasteiger partial charge on any atom is -0.261 e. The number of nitrogens with zero attached hydrogens (tertiary/aromatic N) is 4. The van der Waals surface area contributed by atoms with Gasteiger partial charge in [0.15, 0.2) is 0 Å². The molecule has 10 aliphatic carbocycles. The smallest absolute Gasteiger partial charge is 0.0967 e. The first-order valence-corrected chi connectivity index (χ1v) is 20.7. The normalized spacial score (nSPS) is 40.2. The Labute approximate surface area is 284 Å². The fraction of sp³-hybridized carbons (Fsp3) is 0.561. The molecule has 0 radical (unpaired) electrons. The van der Waals surface area contributed by atoms with Crippen molar-refractivity contribution >= 4 is 17.2 Å². The molecule has 0 aliphatic heterocycles. The van der Waals surface area contributed by atoms with Crippen LogP contribution in [0.25, 0.3) is 0 Å². The highest BCUT2D eigenvalue weighted by atomic mass is 31.1. The van der Waals surface area contributed by atoms with Crippen molar-refractivity contribution < 1.29 is 0 Å². The molecule has 242 valence electrons. The molecule has 12 rings (SSSR count). The van der Waals surface area contributed by atoms with Crippen LogP contribution in [0.4, 0.5) is 0 Å². The van der Waals surface area contributed by atoms with Crippen molar-refractivity contribution in [1.82, 2.24) is 19.9 Å². The van der Waals surface area contributed by atoms with Crippen molar-refractivity contribution in [2.75, 3.05) is 6.16 Å². The van der Waals surface area contributed by atoms with Gasteiger partial charge in [0, 0.05) is 24.8 Å². The van der Waals surface area contributed by atoms with Gasteiger partial charge < -0.3 is 0 Å². The molecule has 0 amide bonds. The second-order valence-electron chi connectivity index (χ2n) is 17.1. The molecule has 6 heteroatoms. The molecule has 0 saturated heterocycles. The molecule has 0 spiro atoms. The monoisotopic (exact) mass is 658 g/mol. The predicted octanol–water partition coefficient (Wildman–Crippen LogP) is 9.48. The Balaban J connectivity index is 1.14. The molecule has 2 aromatic rings. The molecule has 2 heterocycles. The van der Waals surface area contributed by atoms with Gasteiger partial charge in [-0.1, -0.05) is 38.3 Å². The summed E-state index contributed by atoms with van der Waals surface area (Å²) >= 11 is 0. The molecule has 8 saturated carbocycles. The molecule has 0 aromatic carbocycles. The van der Waals surface area contributed by atoms with E-state index >= 15 is 0 Å². The van der Waals surface area contributed by atoms with E-state index in [1.807, 2.05) is 24.8 Å². The third-order valence-electron chi connectivity index (χ3n) is 14.1. The maximum Gasteiger partial charge on any atom is 0.0967 e. The lowest BCUT2D eigenvalue weighted by Gasteiger charge is -2.67. The number of allylic oxidation sites excluding steroid dienone is 10. The minimum absolute atomic E-state index is 0.213. The van der Waals surface area contributed by atoms with Crippen LogP contribution in [0.1, 0.15) is 94.9 Å². The maximum atomic E-state index is 4.98. The quantitative estimate of drug-likeness (QED) is 0.278. The number of hydrogen-bond donors (Lipinski definition) is 0. The van der Waals surface area contributed by atoms with Crippen LogP contribution in [-0.4, -0.2) is 36.4 Å². The van der Waals surface area contributed by atoms with Crippen LogP contribution >= 0.6 is 17.2 Å².